The summed E-state index contributed by atoms with van der Waals surface area (Å²) in [6.45, 7) is 9.50. The molecule has 0 aromatic heterocycles. The van der Waals surface area contributed by atoms with Gasteiger partial charge < -0.3 is 10.6 Å². The van der Waals surface area contributed by atoms with Crippen molar-refractivity contribution in [1.29, 1.82) is 0 Å². The van der Waals surface area contributed by atoms with Gasteiger partial charge in [-0.25, -0.2) is 9.38 Å². The van der Waals surface area contributed by atoms with Gasteiger partial charge in [-0.1, -0.05) is 18.6 Å². The molecule has 1 aromatic carbocycles. The average Bonchev–Trinajstić information content (AvgIpc) is 2.63. The molecule has 1 heterocycles. The number of rotatable bonds is 4. The van der Waals surface area contributed by atoms with Gasteiger partial charge in [-0.3, -0.25) is 0 Å². The second kappa shape index (κ2) is 7.36. The summed E-state index contributed by atoms with van der Waals surface area (Å²) in [7, 11) is 0. The quantitative estimate of drug-likeness (QED) is 0.828. The van der Waals surface area contributed by atoms with Crippen LogP contribution in [0, 0.1) is 11.2 Å². The summed E-state index contributed by atoms with van der Waals surface area (Å²) in [6, 6.07) is 6.24. The van der Waals surface area contributed by atoms with Crippen LogP contribution in [0.25, 0.3) is 0 Å². The second-order valence-electron chi connectivity index (χ2n) is 6.90. The SMILES string of the molecule is C=CC12CC(=CN)C(=Nc3ccc(F)cc3)C=C1CCN(CCC)C2. The maximum Gasteiger partial charge on any atom is 0.123 e. The number of likely N-dealkylation sites (tertiary alicyclic amines) is 1. The number of hydrogen-bond acceptors (Lipinski definition) is 3. The first-order chi connectivity index (χ1) is 12.1. The van der Waals surface area contributed by atoms with Crippen molar-refractivity contribution in [3.8, 4) is 0 Å². The fourth-order valence-electron chi connectivity index (χ4n) is 3.86. The van der Waals surface area contributed by atoms with Crippen LogP contribution in [-0.4, -0.2) is 30.2 Å². The molecule has 0 spiro atoms. The minimum Gasteiger partial charge on any atom is -0.404 e. The molecule has 1 atom stereocenters. The number of fused-ring (bicyclic) bond motifs is 1. The molecule has 2 N–H and O–H groups in total. The van der Waals surface area contributed by atoms with E-state index in [0.717, 1.165) is 55.9 Å². The highest BCUT2D eigenvalue weighted by atomic mass is 19.1. The van der Waals surface area contributed by atoms with Crippen LogP contribution in [0.2, 0.25) is 0 Å². The zero-order chi connectivity index (χ0) is 17.9. The van der Waals surface area contributed by atoms with E-state index in [1.807, 2.05) is 0 Å². The molecule has 1 saturated heterocycles. The average molecular weight is 339 g/mol. The number of aliphatic imine (C=N–C) groups is 1. The van der Waals surface area contributed by atoms with Gasteiger partial charge in [0, 0.05) is 18.5 Å². The van der Waals surface area contributed by atoms with E-state index in [9.17, 15) is 4.39 Å². The molecule has 1 aliphatic heterocycles. The molecule has 132 valence electrons. The number of nitrogens with two attached hydrogens (primary N) is 1. The first kappa shape index (κ1) is 17.6. The minimum atomic E-state index is -0.255. The Kier molecular flexibility index (Phi) is 5.19. The molecule has 0 saturated carbocycles. The van der Waals surface area contributed by atoms with Crippen LogP contribution in [-0.2, 0) is 0 Å². The van der Waals surface area contributed by atoms with Crippen molar-refractivity contribution in [2.24, 2.45) is 16.1 Å². The summed E-state index contributed by atoms with van der Waals surface area (Å²) in [5, 5.41) is 0. The normalized spacial score (nSPS) is 27.2. The number of benzene rings is 1. The number of allylic oxidation sites excluding steroid dienone is 2. The summed E-state index contributed by atoms with van der Waals surface area (Å²) in [5.74, 6) is -0.255. The zero-order valence-electron chi connectivity index (χ0n) is 14.8. The third kappa shape index (κ3) is 3.59. The van der Waals surface area contributed by atoms with E-state index in [0.29, 0.717) is 0 Å². The third-order valence-electron chi connectivity index (χ3n) is 5.20. The van der Waals surface area contributed by atoms with Crippen LogP contribution in [0.1, 0.15) is 26.2 Å². The maximum atomic E-state index is 13.1. The van der Waals surface area contributed by atoms with Gasteiger partial charge in [0.1, 0.15) is 5.82 Å². The van der Waals surface area contributed by atoms with Crippen molar-refractivity contribution in [2.75, 3.05) is 19.6 Å². The highest BCUT2D eigenvalue weighted by Gasteiger charge is 2.40. The van der Waals surface area contributed by atoms with Crippen molar-refractivity contribution >= 4 is 11.4 Å². The summed E-state index contributed by atoms with van der Waals surface area (Å²) in [4.78, 5) is 7.21. The van der Waals surface area contributed by atoms with Gasteiger partial charge in [-0.2, -0.15) is 0 Å². The van der Waals surface area contributed by atoms with Crippen molar-refractivity contribution in [2.45, 2.75) is 26.2 Å². The largest absolute Gasteiger partial charge is 0.404 e. The van der Waals surface area contributed by atoms with Gasteiger partial charge in [-0.15, -0.1) is 6.58 Å². The zero-order valence-corrected chi connectivity index (χ0v) is 14.8. The van der Waals surface area contributed by atoms with Gasteiger partial charge in [0.05, 0.1) is 11.4 Å². The Morgan fingerprint density at radius 3 is 2.76 bits per heavy atom. The predicted octanol–water partition coefficient (Wildman–Crippen LogP) is 4.36. The Bertz CT molecular complexity index is 730. The van der Waals surface area contributed by atoms with Gasteiger partial charge in [0.15, 0.2) is 0 Å². The van der Waals surface area contributed by atoms with Gasteiger partial charge in [0.2, 0.25) is 0 Å². The first-order valence-corrected chi connectivity index (χ1v) is 8.92. The van der Waals surface area contributed by atoms with Crippen LogP contribution < -0.4 is 5.73 Å². The summed E-state index contributed by atoms with van der Waals surface area (Å²) in [6.07, 6.45) is 8.89. The van der Waals surface area contributed by atoms with Crippen molar-refractivity contribution in [1.82, 2.24) is 4.90 Å². The van der Waals surface area contributed by atoms with Crippen LogP contribution in [0.5, 0.6) is 0 Å². The maximum absolute atomic E-state index is 13.1. The van der Waals surface area contributed by atoms with E-state index < -0.39 is 0 Å². The van der Waals surface area contributed by atoms with Gasteiger partial charge in [-0.05, 0) is 67.9 Å². The molecule has 2 aliphatic rings. The van der Waals surface area contributed by atoms with E-state index in [-0.39, 0.29) is 11.2 Å². The molecular weight excluding hydrogens is 313 g/mol. The number of piperidine rings is 1. The molecule has 0 bridgehead atoms. The van der Waals surface area contributed by atoms with Crippen molar-refractivity contribution in [3.63, 3.8) is 0 Å². The highest BCUT2D eigenvalue weighted by molar-refractivity contribution is 6.11. The summed E-state index contributed by atoms with van der Waals surface area (Å²) < 4.78 is 13.1. The van der Waals surface area contributed by atoms with E-state index >= 15 is 0 Å². The molecule has 1 aliphatic carbocycles. The molecular formula is C21H26FN3. The van der Waals surface area contributed by atoms with Gasteiger partial charge >= 0.3 is 0 Å². The molecule has 3 nitrogen and oxygen atoms in total. The Morgan fingerprint density at radius 2 is 2.12 bits per heavy atom. The fourth-order valence-corrected chi connectivity index (χ4v) is 3.86. The summed E-state index contributed by atoms with van der Waals surface area (Å²) >= 11 is 0. The molecule has 25 heavy (non-hydrogen) atoms. The Hall–Kier alpha value is -2.20. The molecule has 1 fully saturated rings. The lowest BCUT2D eigenvalue weighted by molar-refractivity contribution is 0.172. The molecule has 4 heteroatoms. The van der Waals surface area contributed by atoms with Crippen LogP contribution >= 0.6 is 0 Å². The second-order valence-corrected chi connectivity index (χ2v) is 6.90. The first-order valence-electron chi connectivity index (χ1n) is 8.92. The number of hydrogen-bond donors (Lipinski definition) is 1. The van der Waals surface area contributed by atoms with Crippen LogP contribution in [0.4, 0.5) is 10.1 Å². The molecule has 1 unspecified atom stereocenters. The molecule has 0 amide bonds. The van der Waals surface area contributed by atoms with Crippen molar-refractivity contribution < 1.29 is 4.39 Å². The number of nitrogens with zero attached hydrogens (tertiary/aromatic N) is 2. The van der Waals surface area contributed by atoms with E-state index in [4.69, 9.17) is 10.7 Å². The third-order valence-corrected chi connectivity index (χ3v) is 5.20. The molecule has 3 rings (SSSR count). The molecule has 0 radical (unpaired) electrons. The van der Waals surface area contributed by atoms with Crippen molar-refractivity contribution in [3.05, 3.63) is 66.2 Å². The standard InChI is InChI=1S/C21H26FN3/c1-3-10-25-11-9-17-12-20(24-19-7-5-18(22)6-8-19)16(14-23)13-21(17,4-2)15-25/h4-8,12,14H,2-3,9-11,13,15,23H2,1H3. The van der Waals surface area contributed by atoms with Crippen LogP contribution in [0.15, 0.2) is 65.3 Å². The smallest absolute Gasteiger partial charge is 0.123 e. The Labute approximate surface area is 149 Å². The highest BCUT2D eigenvalue weighted by Crippen LogP contribution is 2.45. The molecule has 1 aromatic rings. The summed E-state index contributed by atoms with van der Waals surface area (Å²) in [5.41, 5.74) is 9.88. The Balaban J connectivity index is 1.97. The van der Waals surface area contributed by atoms with E-state index in [2.05, 4.69) is 30.6 Å². The van der Waals surface area contributed by atoms with Crippen LogP contribution in [0.3, 0.4) is 0 Å². The lowest BCUT2D eigenvalue weighted by Crippen LogP contribution is -2.46. The van der Waals surface area contributed by atoms with Gasteiger partial charge in [0.25, 0.3) is 0 Å². The topological polar surface area (TPSA) is 41.6 Å². The fraction of sp³-hybridized carbons (Fsp3) is 0.381. The lowest BCUT2D eigenvalue weighted by Gasteiger charge is -2.46. The number of halogens is 1. The minimum absolute atomic E-state index is 0.0551. The Morgan fingerprint density at radius 1 is 1.36 bits per heavy atom. The predicted molar refractivity (Wildman–Crippen MR) is 102 cm³/mol. The lowest BCUT2D eigenvalue weighted by atomic mass is 9.67. The van der Waals surface area contributed by atoms with E-state index in [1.165, 1.54) is 17.7 Å². The monoisotopic (exact) mass is 339 g/mol. The van der Waals surface area contributed by atoms with E-state index in [1.54, 1.807) is 18.3 Å².